The molecule has 0 aliphatic heterocycles. The van der Waals surface area contributed by atoms with Gasteiger partial charge in [-0.3, -0.25) is 4.98 Å². The van der Waals surface area contributed by atoms with Crippen molar-refractivity contribution in [1.29, 1.82) is 0 Å². The van der Waals surface area contributed by atoms with E-state index in [1.54, 1.807) is 30.6 Å². The van der Waals surface area contributed by atoms with Crippen molar-refractivity contribution in [3.63, 3.8) is 0 Å². The highest BCUT2D eigenvalue weighted by molar-refractivity contribution is 7.89. The van der Waals surface area contributed by atoms with Crippen molar-refractivity contribution in [2.45, 2.75) is 4.90 Å². The Morgan fingerprint density at radius 3 is 2.61 bits per heavy atom. The molecule has 23 heavy (non-hydrogen) atoms. The van der Waals surface area contributed by atoms with Gasteiger partial charge in [-0.05, 0) is 17.7 Å². The second-order valence-corrected chi connectivity index (χ2v) is 6.87. The number of rotatable bonds is 4. The molecule has 0 unspecified atom stereocenters. The minimum Gasteiger partial charge on any atom is -0.264 e. The molecule has 0 spiro atoms. The Hall–Kier alpha value is -2.73. The molecule has 2 aromatic carbocycles. The van der Waals surface area contributed by atoms with E-state index in [1.807, 2.05) is 36.4 Å². The zero-order valence-corrected chi connectivity index (χ0v) is 13.3. The number of hydrogen-bond donors (Lipinski definition) is 0. The monoisotopic (exact) mass is 325 g/mol. The van der Waals surface area contributed by atoms with E-state index < -0.39 is 10.0 Å². The highest BCUT2D eigenvalue weighted by Crippen LogP contribution is 2.24. The first kappa shape index (κ1) is 15.2. The van der Waals surface area contributed by atoms with Gasteiger partial charge in [-0.2, -0.15) is 17.9 Å². The molecule has 1 heterocycles. The number of benzene rings is 2. The van der Waals surface area contributed by atoms with Crippen molar-refractivity contribution in [3.05, 3.63) is 72.6 Å². The molecule has 1 aromatic heterocycles. The summed E-state index contributed by atoms with van der Waals surface area (Å²) in [5.74, 6) is 0. The van der Waals surface area contributed by atoms with E-state index in [2.05, 4.69) is 10.1 Å². The number of nitrogens with zero attached hydrogens (tertiary/aromatic N) is 3. The Balaban J connectivity index is 1.99. The fraction of sp³-hybridized carbons (Fsp3) is 0.0588. The lowest BCUT2D eigenvalue weighted by atomic mass is 10.2. The molecule has 0 saturated carbocycles. The molecule has 3 aromatic rings. The third kappa shape index (κ3) is 3.07. The van der Waals surface area contributed by atoms with Crippen LogP contribution in [-0.4, -0.2) is 31.1 Å². The normalized spacial score (nSPS) is 11.9. The first-order valence-corrected chi connectivity index (χ1v) is 8.44. The van der Waals surface area contributed by atoms with Gasteiger partial charge in [0.2, 0.25) is 0 Å². The molecule has 0 atom stereocenters. The molecule has 0 N–H and O–H groups in total. The van der Waals surface area contributed by atoms with E-state index in [1.165, 1.54) is 13.3 Å². The number of fused-ring (bicyclic) bond motifs is 1. The Kier molecular flexibility index (Phi) is 4.08. The van der Waals surface area contributed by atoms with Crippen LogP contribution in [0.4, 0.5) is 0 Å². The predicted molar refractivity (Wildman–Crippen MR) is 90.7 cm³/mol. The van der Waals surface area contributed by atoms with Crippen LogP contribution in [0.15, 0.2) is 77.0 Å². The van der Waals surface area contributed by atoms with Gasteiger partial charge in [0, 0.05) is 30.2 Å². The van der Waals surface area contributed by atoms with Crippen LogP contribution in [0, 0.1) is 0 Å². The largest absolute Gasteiger partial charge is 0.279 e. The molecule has 116 valence electrons. The van der Waals surface area contributed by atoms with Crippen molar-refractivity contribution < 1.29 is 8.42 Å². The molecule has 0 aliphatic carbocycles. The van der Waals surface area contributed by atoms with Crippen LogP contribution in [0.25, 0.3) is 10.8 Å². The van der Waals surface area contributed by atoms with Gasteiger partial charge in [0.1, 0.15) is 0 Å². The van der Waals surface area contributed by atoms with Gasteiger partial charge >= 0.3 is 0 Å². The summed E-state index contributed by atoms with van der Waals surface area (Å²) in [5, 5.41) is 5.46. The standard InChI is InChI=1S/C17H15N3O2S/c1-20(19-12-14-6-3-2-4-7-14)23(21,22)17-9-5-8-15-13-18-11-10-16(15)17/h2-13H,1H3/b19-12+. The van der Waals surface area contributed by atoms with Crippen LogP contribution in [0.2, 0.25) is 0 Å². The molecule has 0 aliphatic rings. The quantitative estimate of drug-likeness (QED) is 0.547. The van der Waals surface area contributed by atoms with Crippen molar-refractivity contribution in [1.82, 2.24) is 9.40 Å². The van der Waals surface area contributed by atoms with E-state index >= 15 is 0 Å². The van der Waals surface area contributed by atoms with Gasteiger partial charge in [0.05, 0.1) is 11.1 Å². The first-order valence-electron chi connectivity index (χ1n) is 7.00. The fourth-order valence-electron chi connectivity index (χ4n) is 2.21. The minimum absolute atomic E-state index is 0.213. The first-order chi connectivity index (χ1) is 11.1. The maximum absolute atomic E-state index is 12.8. The van der Waals surface area contributed by atoms with E-state index in [0.29, 0.717) is 5.39 Å². The molecular formula is C17H15N3O2S. The topological polar surface area (TPSA) is 62.6 Å². The fourth-order valence-corrected chi connectivity index (χ4v) is 3.38. The molecular weight excluding hydrogens is 310 g/mol. The van der Waals surface area contributed by atoms with E-state index in [4.69, 9.17) is 0 Å². The van der Waals surface area contributed by atoms with E-state index in [0.717, 1.165) is 15.4 Å². The highest BCUT2D eigenvalue weighted by Gasteiger charge is 2.21. The third-order valence-corrected chi connectivity index (χ3v) is 5.14. The van der Waals surface area contributed by atoms with Gasteiger partial charge in [-0.15, -0.1) is 0 Å². The van der Waals surface area contributed by atoms with Crippen molar-refractivity contribution >= 4 is 27.0 Å². The summed E-state index contributed by atoms with van der Waals surface area (Å²) >= 11 is 0. The van der Waals surface area contributed by atoms with Crippen LogP contribution in [0.1, 0.15) is 5.56 Å². The summed E-state index contributed by atoms with van der Waals surface area (Å²) in [5.41, 5.74) is 0.830. The summed E-state index contributed by atoms with van der Waals surface area (Å²) in [6, 6.07) is 16.1. The van der Waals surface area contributed by atoms with E-state index in [-0.39, 0.29) is 4.90 Å². The van der Waals surface area contributed by atoms with Gasteiger partial charge in [-0.25, -0.2) is 0 Å². The van der Waals surface area contributed by atoms with Crippen LogP contribution in [0.3, 0.4) is 0 Å². The molecule has 0 fully saturated rings. The second-order valence-electron chi connectivity index (χ2n) is 4.95. The lowest BCUT2D eigenvalue weighted by Gasteiger charge is -2.15. The van der Waals surface area contributed by atoms with Gasteiger partial charge in [-0.1, -0.05) is 42.5 Å². The predicted octanol–water partition coefficient (Wildman–Crippen LogP) is 2.89. The van der Waals surface area contributed by atoms with Gasteiger partial charge in [0.15, 0.2) is 0 Å². The van der Waals surface area contributed by atoms with Gasteiger partial charge < -0.3 is 0 Å². The Morgan fingerprint density at radius 1 is 1.04 bits per heavy atom. The summed E-state index contributed by atoms with van der Waals surface area (Å²) < 4.78 is 26.5. The molecule has 6 heteroatoms. The summed E-state index contributed by atoms with van der Waals surface area (Å²) in [4.78, 5) is 4.23. The maximum Gasteiger partial charge on any atom is 0.279 e. The van der Waals surface area contributed by atoms with Crippen LogP contribution >= 0.6 is 0 Å². The van der Waals surface area contributed by atoms with Crippen molar-refractivity contribution in [3.8, 4) is 0 Å². The number of pyridine rings is 1. The minimum atomic E-state index is -3.73. The molecule has 0 amide bonds. The third-order valence-electron chi connectivity index (χ3n) is 3.44. The molecule has 5 nitrogen and oxygen atoms in total. The number of hydrogen-bond acceptors (Lipinski definition) is 4. The molecule has 3 rings (SSSR count). The summed E-state index contributed by atoms with van der Waals surface area (Å²) in [7, 11) is -2.30. The lowest BCUT2D eigenvalue weighted by Crippen LogP contribution is -2.22. The summed E-state index contributed by atoms with van der Waals surface area (Å²) in [6.45, 7) is 0. The average molecular weight is 325 g/mol. The zero-order chi connectivity index (χ0) is 16.3. The van der Waals surface area contributed by atoms with E-state index in [9.17, 15) is 8.42 Å². The van der Waals surface area contributed by atoms with Crippen LogP contribution in [0.5, 0.6) is 0 Å². The smallest absolute Gasteiger partial charge is 0.264 e. The average Bonchev–Trinajstić information content (AvgIpc) is 2.60. The Morgan fingerprint density at radius 2 is 1.83 bits per heavy atom. The summed E-state index contributed by atoms with van der Waals surface area (Å²) in [6.07, 6.45) is 4.74. The van der Waals surface area contributed by atoms with Crippen molar-refractivity contribution in [2.75, 3.05) is 7.05 Å². The molecule has 0 radical (unpaired) electrons. The number of hydrazone groups is 1. The zero-order valence-electron chi connectivity index (χ0n) is 12.5. The maximum atomic E-state index is 12.8. The van der Waals surface area contributed by atoms with Crippen LogP contribution in [-0.2, 0) is 10.0 Å². The second kappa shape index (κ2) is 6.18. The van der Waals surface area contributed by atoms with Gasteiger partial charge in [0.25, 0.3) is 10.0 Å². The number of sulfonamides is 1. The highest BCUT2D eigenvalue weighted by atomic mass is 32.2. The van der Waals surface area contributed by atoms with Crippen LogP contribution < -0.4 is 0 Å². The van der Waals surface area contributed by atoms with Crippen molar-refractivity contribution in [2.24, 2.45) is 5.10 Å². The molecule has 0 saturated heterocycles. The molecule has 0 bridgehead atoms. The number of aromatic nitrogens is 1. The Bertz CT molecular complexity index is 948. The Labute approximate surface area is 135 Å². The SMILES string of the molecule is CN(/N=C/c1ccccc1)S(=O)(=O)c1cccc2cnccc12. The lowest BCUT2D eigenvalue weighted by molar-refractivity contribution is 0.492.